The average molecular weight is 225 g/mol. The first kappa shape index (κ1) is 9.69. The Morgan fingerprint density at radius 2 is 2.29 bits per heavy atom. The smallest absolute Gasteiger partial charge is 0.150 e. The van der Waals surface area contributed by atoms with Gasteiger partial charge in [-0.3, -0.25) is 4.79 Å². The molecule has 0 unspecified atom stereocenters. The lowest BCUT2D eigenvalue weighted by Gasteiger charge is -1.98. The fraction of sp³-hybridized carbons (Fsp3) is 0.182. The molecular weight excluding hydrogens is 216 g/mol. The number of carbonyl (C=O) groups excluding carboxylic acids is 1. The third-order valence-electron chi connectivity index (χ3n) is 2.26. The summed E-state index contributed by atoms with van der Waals surface area (Å²) in [6.07, 6.45) is 0.919. The number of benzene rings is 1. The molecule has 0 saturated heterocycles. The minimum absolute atomic E-state index is 0.511. The van der Waals surface area contributed by atoms with E-state index in [1.54, 1.807) is 11.3 Å². The highest BCUT2D eigenvalue weighted by Crippen LogP contribution is 2.30. The fourth-order valence-corrected chi connectivity index (χ4v) is 2.69. The van der Waals surface area contributed by atoms with E-state index in [0.29, 0.717) is 5.88 Å². The summed E-state index contributed by atoms with van der Waals surface area (Å²) < 4.78 is 1.13. The molecule has 72 valence electrons. The first-order valence-electron chi connectivity index (χ1n) is 4.29. The predicted molar refractivity (Wildman–Crippen MR) is 61.5 cm³/mol. The summed E-state index contributed by atoms with van der Waals surface area (Å²) in [5.41, 5.74) is 1.81. The second-order valence-electron chi connectivity index (χ2n) is 3.17. The zero-order chi connectivity index (χ0) is 10.1. The largest absolute Gasteiger partial charge is 0.298 e. The summed E-state index contributed by atoms with van der Waals surface area (Å²) in [6.45, 7) is 1.95. The molecular formula is C11H9ClOS. The van der Waals surface area contributed by atoms with Crippen LogP contribution < -0.4 is 0 Å². The monoisotopic (exact) mass is 224 g/mol. The number of halogens is 1. The third-order valence-corrected chi connectivity index (χ3v) is 3.81. The molecule has 0 spiro atoms. The van der Waals surface area contributed by atoms with Crippen molar-refractivity contribution in [3.8, 4) is 0 Å². The number of fused-ring (bicyclic) bond motifs is 1. The number of alkyl halides is 1. The van der Waals surface area contributed by atoms with Crippen molar-refractivity contribution in [2.75, 3.05) is 0 Å². The summed E-state index contributed by atoms with van der Waals surface area (Å²) in [5, 5.41) is 1.03. The van der Waals surface area contributed by atoms with E-state index in [2.05, 4.69) is 0 Å². The molecule has 0 bridgehead atoms. The Labute approximate surface area is 91.3 Å². The van der Waals surface area contributed by atoms with Crippen molar-refractivity contribution in [1.29, 1.82) is 0 Å². The van der Waals surface area contributed by atoms with E-state index in [4.69, 9.17) is 11.6 Å². The van der Waals surface area contributed by atoms with E-state index in [1.807, 2.05) is 25.1 Å². The summed E-state index contributed by atoms with van der Waals surface area (Å²) in [4.78, 5) is 12.0. The van der Waals surface area contributed by atoms with Crippen LogP contribution in [0.3, 0.4) is 0 Å². The van der Waals surface area contributed by atoms with E-state index in [9.17, 15) is 4.79 Å². The molecule has 0 atom stereocenters. The van der Waals surface area contributed by atoms with Crippen LogP contribution in [0.15, 0.2) is 18.2 Å². The van der Waals surface area contributed by atoms with Crippen LogP contribution in [0.25, 0.3) is 10.1 Å². The van der Waals surface area contributed by atoms with Crippen molar-refractivity contribution in [3.63, 3.8) is 0 Å². The van der Waals surface area contributed by atoms with Crippen LogP contribution in [-0.4, -0.2) is 6.29 Å². The van der Waals surface area contributed by atoms with Crippen LogP contribution in [-0.2, 0) is 5.88 Å². The second-order valence-corrected chi connectivity index (χ2v) is 4.61. The standard InChI is InChI=1S/C11H9ClOS/c1-7-2-3-11-9(10(7)6-13)4-8(5-12)14-11/h2-4,6H,5H2,1H3. The minimum atomic E-state index is 0.511. The first-order chi connectivity index (χ1) is 6.76. The van der Waals surface area contributed by atoms with Gasteiger partial charge in [-0.15, -0.1) is 22.9 Å². The lowest BCUT2D eigenvalue weighted by atomic mass is 10.1. The molecule has 1 aromatic carbocycles. The number of aldehydes is 1. The van der Waals surface area contributed by atoms with Crippen molar-refractivity contribution in [2.45, 2.75) is 12.8 Å². The average Bonchev–Trinajstić information content (AvgIpc) is 2.60. The highest BCUT2D eigenvalue weighted by atomic mass is 35.5. The van der Waals surface area contributed by atoms with Crippen molar-refractivity contribution in [2.24, 2.45) is 0 Å². The second kappa shape index (κ2) is 3.71. The van der Waals surface area contributed by atoms with Crippen LogP contribution >= 0.6 is 22.9 Å². The van der Waals surface area contributed by atoms with Crippen molar-refractivity contribution >= 4 is 39.3 Å². The van der Waals surface area contributed by atoms with Gasteiger partial charge in [-0.05, 0) is 24.6 Å². The topological polar surface area (TPSA) is 17.1 Å². The number of hydrogen-bond donors (Lipinski definition) is 0. The van der Waals surface area contributed by atoms with Crippen LogP contribution in [0, 0.1) is 6.92 Å². The summed E-state index contributed by atoms with van der Waals surface area (Å²) >= 11 is 7.40. The van der Waals surface area contributed by atoms with Gasteiger partial charge in [0.2, 0.25) is 0 Å². The maximum absolute atomic E-state index is 10.9. The summed E-state index contributed by atoms with van der Waals surface area (Å²) in [6, 6.07) is 6.02. The van der Waals surface area contributed by atoms with Gasteiger partial charge in [0.05, 0.1) is 5.88 Å². The summed E-state index contributed by atoms with van der Waals surface area (Å²) in [7, 11) is 0. The molecule has 1 nitrogen and oxygen atoms in total. The Kier molecular flexibility index (Phi) is 2.57. The van der Waals surface area contributed by atoms with E-state index < -0.39 is 0 Å². The van der Waals surface area contributed by atoms with E-state index in [0.717, 1.165) is 32.4 Å². The third kappa shape index (κ3) is 1.45. The molecule has 0 amide bonds. The fourth-order valence-electron chi connectivity index (χ4n) is 1.52. The van der Waals surface area contributed by atoms with Crippen LogP contribution in [0.5, 0.6) is 0 Å². The van der Waals surface area contributed by atoms with Gasteiger partial charge in [0.25, 0.3) is 0 Å². The van der Waals surface area contributed by atoms with Crippen LogP contribution in [0.1, 0.15) is 20.8 Å². The van der Waals surface area contributed by atoms with Gasteiger partial charge in [-0.1, -0.05) is 6.07 Å². The molecule has 14 heavy (non-hydrogen) atoms. The Morgan fingerprint density at radius 3 is 2.93 bits per heavy atom. The van der Waals surface area contributed by atoms with Gasteiger partial charge >= 0.3 is 0 Å². The summed E-state index contributed by atoms with van der Waals surface area (Å²) in [5.74, 6) is 0.511. The molecule has 0 N–H and O–H groups in total. The lowest BCUT2D eigenvalue weighted by Crippen LogP contribution is -1.85. The molecule has 3 heteroatoms. The molecule has 0 radical (unpaired) electrons. The van der Waals surface area contributed by atoms with Gasteiger partial charge in [0.15, 0.2) is 6.29 Å². The van der Waals surface area contributed by atoms with Gasteiger partial charge in [-0.2, -0.15) is 0 Å². The lowest BCUT2D eigenvalue weighted by molar-refractivity contribution is 0.112. The zero-order valence-electron chi connectivity index (χ0n) is 7.71. The number of thiophene rings is 1. The Morgan fingerprint density at radius 1 is 1.50 bits per heavy atom. The first-order valence-corrected chi connectivity index (χ1v) is 5.64. The predicted octanol–water partition coefficient (Wildman–Crippen LogP) is 3.76. The van der Waals surface area contributed by atoms with Crippen molar-refractivity contribution in [3.05, 3.63) is 34.2 Å². The molecule has 1 aromatic heterocycles. The molecule has 0 fully saturated rings. The maximum atomic E-state index is 10.9. The Hall–Kier alpha value is -0.860. The van der Waals surface area contributed by atoms with Crippen molar-refractivity contribution < 1.29 is 4.79 Å². The molecule has 0 saturated carbocycles. The van der Waals surface area contributed by atoms with Gasteiger partial charge in [0, 0.05) is 20.5 Å². The van der Waals surface area contributed by atoms with Crippen molar-refractivity contribution in [1.82, 2.24) is 0 Å². The number of aryl methyl sites for hydroxylation is 1. The molecule has 0 aliphatic carbocycles. The minimum Gasteiger partial charge on any atom is -0.298 e. The normalized spacial score (nSPS) is 10.7. The highest BCUT2D eigenvalue weighted by Gasteiger charge is 2.07. The molecule has 0 aliphatic rings. The number of rotatable bonds is 2. The van der Waals surface area contributed by atoms with E-state index in [-0.39, 0.29) is 0 Å². The maximum Gasteiger partial charge on any atom is 0.150 e. The zero-order valence-corrected chi connectivity index (χ0v) is 9.28. The van der Waals surface area contributed by atoms with Crippen LogP contribution in [0.2, 0.25) is 0 Å². The molecule has 1 heterocycles. The molecule has 2 rings (SSSR count). The van der Waals surface area contributed by atoms with E-state index in [1.165, 1.54) is 0 Å². The SMILES string of the molecule is Cc1ccc2sc(CCl)cc2c1C=O. The van der Waals surface area contributed by atoms with Gasteiger partial charge in [-0.25, -0.2) is 0 Å². The highest BCUT2D eigenvalue weighted by molar-refractivity contribution is 7.19. The number of hydrogen-bond acceptors (Lipinski definition) is 2. The number of carbonyl (C=O) groups is 1. The quantitative estimate of drug-likeness (QED) is 0.561. The van der Waals surface area contributed by atoms with Gasteiger partial charge < -0.3 is 0 Å². The Balaban J connectivity index is 2.79. The van der Waals surface area contributed by atoms with Gasteiger partial charge in [0.1, 0.15) is 0 Å². The molecule has 0 aliphatic heterocycles. The molecule has 2 aromatic rings. The van der Waals surface area contributed by atoms with Crippen LogP contribution in [0.4, 0.5) is 0 Å². The Bertz CT molecular complexity index is 487. The van der Waals surface area contributed by atoms with E-state index >= 15 is 0 Å².